The molecule has 0 N–H and O–H groups in total. The van der Waals surface area contributed by atoms with E-state index in [2.05, 4.69) is 0 Å². The van der Waals surface area contributed by atoms with Gasteiger partial charge in [-0.2, -0.15) is 0 Å². The lowest BCUT2D eigenvalue weighted by Crippen LogP contribution is -2.26. The van der Waals surface area contributed by atoms with Crippen molar-refractivity contribution in [3.05, 3.63) is 88.9 Å². The van der Waals surface area contributed by atoms with Crippen LogP contribution in [0.1, 0.15) is 27.6 Å². The summed E-state index contributed by atoms with van der Waals surface area (Å²) in [6, 6.07) is 18.1. The van der Waals surface area contributed by atoms with Gasteiger partial charge >= 0.3 is 5.97 Å². The topological polar surface area (TPSA) is 80.8 Å². The molecule has 0 aliphatic carbocycles. The summed E-state index contributed by atoms with van der Waals surface area (Å²) in [4.78, 5) is 23.7. The molecule has 0 aliphatic heterocycles. The van der Waals surface area contributed by atoms with Gasteiger partial charge < -0.3 is 4.74 Å². The number of hydrogen-bond acceptors (Lipinski definition) is 5. The molecule has 0 heterocycles. The van der Waals surface area contributed by atoms with Crippen LogP contribution in [0.4, 0.5) is 5.69 Å². The van der Waals surface area contributed by atoms with Crippen molar-refractivity contribution in [1.29, 1.82) is 0 Å². The first-order valence-electron chi connectivity index (χ1n) is 8.86. The first-order chi connectivity index (χ1) is 14.2. The van der Waals surface area contributed by atoms with Crippen LogP contribution in [0.2, 0.25) is 5.02 Å². The van der Waals surface area contributed by atoms with Crippen molar-refractivity contribution >= 4 is 39.1 Å². The van der Waals surface area contributed by atoms with Crippen molar-refractivity contribution in [2.24, 2.45) is 0 Å². The molecule has 0 amide bonds. The van der Waals surface area contributed by atoms with Crippen LogP contribution in [-0.4, -0.2) is 27.2 Å². The third-order valence-corrected chi connectivity index (χ3v) is 6.39. The van der Waals surface area contributed by atoms with E-state index in [1.54, 1.807) is 30.3 Å². The maximum atomic E-state index is 13.0. The fourth-order valence-corrected chi connectivity index (χ4v) is 4.09. The van der Waals surface area contributed by atoms with E-state index in [0.717, 1.165) is 4.31 Å². The Morgan fingerprint density at radius 3 is 2.20 bits per heavy atom. The summed E-state index contributed by atoms with van der Waals surface area (Å²) in [6.07, 6.45) is 0. The van der Waals surface area contributed by atoms with E-state index in [9.17, 15) is 18.0 Å². The molecule has 0 atom stereocenters. The van der Waals surface area contributed by atoms with Gasteiger partial charge in [0.05, 0.1) is 16.1 Å². The maximum Gasteiger partial charge on any atom is 0.343 e. The maximum absolute atomic E-state index is 13.0. The lowest BCUT2D eigenvalue weighted by Gasteiger charge is -2.20. The number of ether oxygens (including phenoxy) is 1. The van der Waals surface area contributed by atoms with Crippen molar-refractivity contribution in [2.45, 2.75) is 11.8 Å². The van der Waals surface area contributed by atoms with Crippen LogP contribution >= 0.6 is 11.6 Å². The Labute approximate surface area is 179 Å². The molecule has 8 heteroatoms. The molecule has 6 nitrogen and oxygen atoms in total. The van der Waals surface area contributed by atoms with Crippen LogP contribution in [0.25, 0.3) is 0 Å². The quantitative estimate of drug-likeness (QED) is 0.316. The highest BCUT2D eigenvalue weighted by Gasteiger charge is 2.23. The Hall–Kier alpha value is -3.16. The van der Waals surface area contributed by atoms with Crippen LogP contribution in [-0.2, 0) is 10.0 Å². The Kier molecular flexibility index (Phi) is 6.24. The number of halogens is 1. The lowest BCUT2D eigenvalue weighted by atomic mass is 10.1. The number of nitrogens with zero attached hydrogens (tertiary/aromatic N) is 1. The van der Waals surface area contributed by atoms with Crippen LogP contribution in [0.3, 0.4) is 0 Å². The number of anilines is 1. The Bertz CT molecular complexity index is 1210. The molecule has 3 rings (SSSR count). The summed E-state index contributed by atoms with van der Waals surface area (Å²) in [7, 11) is -2.52. The molecule has 0 radical (unpaired) electrons. The van der Waals surface area contributed by atoms with E-state index in [1.807, 2.05) is 0 Å². The highest BCUT2D eigenvalue weighted by Crippen LogP contribution is 2.25. The number of benzene rings is 3. The average molecular weight is 444 g/mol. The third-order valence-electron chi connectivity index (χ3n) is 4.37. The summed E-state index contributed by atoms with van der Waals surface area (Å²) in [5.41, 5.74) is 0.958. The molecule has 0 unspecified atom stereocenters. The van der Waals surface area contributed by atoms with Crippen molar-refractivity contribution in [2.75, 3.05) is 11.4 Å². The Morgan fingerprint density at radius 1 is 0.900 bits per heavy atom. The Balaban J connectivity index is 1.84. The van der Waals surface area contributed by atoms with Crippen LogP contribution in [0.15, 0.2) is 77.7 Å². The van der Waals surface area contributed by atoms with Crippen LogP contribution in [0.5, 0.6) is 5.75 Å². The molecule has 30 heavy (non-hydrogen) atoms. The molecular weight excluding hydrogens is 426 g/mol. The minimum Gasteiger partial charge on any atom is -0.423 e. The summed E-state index contributed by atoms with van der Waals surface area (Å²) in [5.74, 6) is -0.572. The zero-order valence-electron chi connectivity index (χ0n) is 16.2. The number of carbonyl (C=O) groups is 2. The number of rotatable bonds is 6. The molecule has 0 aliphatic rings. The molecule has 154 valence electrons. The number of esters is 1. The van der Waals surface area contributed by atoms with Crippen molar-refractivity contribution in [3.63, 3.8) is 0 Å². The fourth-order valence-electron chi connectivity index (χ4n) is 2.68. The van der Waals surface area contributed by atoms with E-state index in [-0.39, 0.29) is 22.0 Å². The van der Waals surface area contributed by atoms with Gasteiger partial charge in [-0.05, 0) is 67.6 Å². The van der Waals surface area contributed by atoms with Crippen molar-refractivity contribution in [1.82, 2.24) is 0 Å². The second-order valence-corrected chi connectivity index (χ2v) is 8.86. The minimum absolute atomic E-state index is 0.0636. The second kappa shape index (κ2) is 8.69. The number of Topliss-reactive ketones (excluding diaryl/α,β-unsaturated/α-hetero) is 1. The zero-order chi connectivity index (χ0) is 21.9. The Morgan fingerprint density at radius 2 is 1.57 bits per heavy atom. The summed E-state index contributed by atoms with van der Waals surface area (Å²) >= 11 is 5.95. The van der Waals surface area contributed by atoms with E-state index in [1.165, 1.54) is 56.4 Å². The van der Waals surface area contributed by atoms with Crippen LogP contribution in [0, 0.1) is 0 Å². The number of hydrogen-bond donors (Lipinski definition) is 0. The van der Waals surface area contributed by atoms with Crippen molar-refractivity contribution in [3.8, 4) is 5.75 Å². The minimum atomic E-state index is -3.92. The van der Waals surface area contributed by atoms with Gasteiger partial charge in [0.15, 0.2) is 5.78 Å². The zero-order valence-corrected chi connectivity index (χ0v) is 17.8. The van der Waals surface area contributed by atoms with Crippen LogP contribution < -0.4 is 9.04 Å². The van der Waals surface area contributed by atoms with Gasteiger partial charge in [0.2, 0.25) is 0 Å². The van der Waals surface area contributed by atoms with E-state index in [4.69, 9.17) is 16.3 Å². The number of sulfonamides is 1. The molecule has 3 aromatic carbocycles. The predicted octanol–water partition coefficient (Wildman–Crippen LogP) is 4.59. The highest BCUT2D eigenvalue weighted by atomic mass is 35.5. The summed E-state index contributed by atoms with van der Waals surface area (Å²) < 4.78 is 32.3. The SMILES string of the molecule is CC(=O)c1ccc(OC(=O)c2cccc(S(=O)(=O)N(C)c3cccc(Cl)c3)c2)cc1. The van der Waals surface area contributed by atoms with E-state index >= 15 is 0 Å². The predicted molar refractivity (Wildman–Crippen MR) is 115 cm³/mol. The normalized spacial score (nSPS) is 11.0. The molecular formula is C22H18ClNO5S. The number of carbonyl (C=O) groups excluding carboxylic acids is 2. The van der Waals surface area contributed by atoms with Gasteiger partial charge in [-0.1, -0.05) is 23.7 Å². The van der Waals surface area contributed by atoms with E-state index in [0.29, 0.717) is 16.3 Å². The van der Waals surface area contributed by atoms with Crippen molar-refractivity contribution < 1.29 is 22.7 Å². The molecule has 0 fully saturated rings. The molecule has 0 spiro atoms. The van der Waals surface area contributed by atoms with Gasteiger partial charge in [-0.15, -0.1) is 0 Å². The van der Waals surface area contributed by atoms with Gasteiger partial charge in [0.25, 0.3) is 10.0 Å². The first kappa shape index (κ1) is 21.5. The smallest absolute Gasteiger partial charge is 0.343 e. The average Bonchev–Trinajstić information content (AvgIpc) is 2.73. The first-order valence-corrected chi connectivity index (χ1v) is 10.7. The molecule has 0 saturated heterocycles. The largest absolute Gasteiger partial charge is 0.423 e. The fraction of sp³-hybridized carbons (Fsp3) is 0.0909. The molecule has 3 aromatic rings. The second-order valence-electron chi connectivity index (χ2n) is 6.45. The standard InChI is InChI=1S/C22H18ClNO5S/c1-15(25)16-9-11-20(12-10-16)29-22(26)17-5-3-8-21(13-17)30(27,28)24(2)19-7-4-6-18(23)14-19/h3-14H,1-2H3. The highest BCUT2D eigenvalue weighted by molar-refractivity contribution is 7.92. The monoisotopic (exact) mass is 443 g/mol. The number of ketones is 1. The van der Waals surface area contributed by atoms with E-state index < -0.39 is 16.0 Å². The van der Waals surface area contributed by atoms with Gasteiger partial charge in [-0.3, -0.25) is 9.10 Å². The summed E-state index contributed by atoms with van der Waals surface area (Å²) in [5, 5.41) is 0.405. The molecule has 0 aromatic heterocycles. The molecule has 0 bridgehead atoms. The lowest BCUT2D eigenvalue weighted by molar-refractivity contribution is 0.0734. The van der Waals surface area contributed by atoms with Gasteiger partial charge in [0.1, 0.15) is 5.75 Å². The summed E-state index contributed by atoms with van der Waals surface area (Å²) in [6.45, 7) is 1.44. The molecule has 0 saturated carbocycles. The van der Waals surface area contributed by atoms with Gasteiger partial charge in [-0.25, -0.2) is 13.2 Å². The van der Waals surface area contributed by atoms with Gasteiger partial charge in [0, 0.05) is 17.6 Å². The third kappa shape index (κ3) is 4.69.